The van der Waals surface area contributed by atoms with Crippen molar-refractivity contribution in [1.82, 2.24) is 0 Å². The van der Waals surface area contributed by atoms with Crippen LogP contribution in [-0.4, -0.2) is 23.7 Å². The van der Waals surface area contributed by atoms with Crippen LogP contribution >= 0.6 is 0 Å². The second kappa shape index (κ2) is 24.8. The third kappa shape index (κ3) is 16.0. The molecule has 0 unspecified atom stereocenters. The number of esters is 2. The number of ether oxygens (including phenoxy) is 2. The van der Waals surface area contributed by atoms with E-state index in [9.17, 15) is 14.7 Å². The van der Waals surface area contributed by atoms with Crippen molar-refractivity contribution in [2.24, 2.45) is 0 Å². The Balaban J connectivity index is 1.00. The van der Waals surface area contributed by atoms with E-state index in [1.54, 1.807) is 48.5 Å². The molecule has 5 nitrogen and oxygen atoms in total. The molecule has 0 radical (unpaired) electrons. The molecule has 0 saturated heterocycles. The van der Waals surface area contributed by atoms with Crippen LogP contribution in [0.4, 0.5) is 0 Å². The monoisotopic (exact) mass is 718 g/mol. The molecule has 0 atom stereocenters. The van der Waals surface area contributed by atoms with Crippen LogP contribution in [0.1, 0.15) is 156 Å². The van der Waals surface area contributed by atoms with Crippen molar-refractivity contribution in [2.75, 3.05) is 6.61 Å². The Morgan fingerprint density at radius 2 is 0.736 bits per heavy atom. The molecular formula is C48H62O5. The number of unbranched alkanes of at least 4 members (excludes halogenated alkanes) is 19. The van der Waals surface area contributed by atoms with Crippen molar-refractivity contribution in [3.8, 4) is 33.8 Å². The molecule has 0 aliphatic carbocycles. The van der Waals surface area contributed by atoms with Gasteiger partial charge in [-0.05, 0) is 77.2 Å². The third-order valence-corrected chi connectivity index (χ3v) is 10.1. The molecule has 284 valence electrons. The Morgan fingerprint density at radius 1 is 0.415 bits per heavy atom. The Morgan fingerprint density at radius 3 is 1.13 bits per heavy atom. The van der Waals surface area contributed by atoms with Gasteiger partial charge < -0.3 is 14.6 Å². The highest BCUT2D eigenvalue weighted by atomic mass is 16.5. The van der Waals surface area contributed by atoms with Crippen molar-refractivity contribution in [3.63, 3.8) is 0 Å². The molecular weight excluding hydrogens is 657 g/mol. The minimum Gasteiger partial charge on any atom is -0.508 e. The number of hydrogen-bond donors (Lipinski definition) is 1. The van der Waals surface area contributed by atoms with Gasteiger partial charge in [-0.3, -0.25) is 0 Å². The van der Waals surface area contributed by atoms with Gasteiger partial charge in [0.05, 0.1) is 17.7 Å². The first-order valence-electron chi connectivity index (χ1n) is 20.5. The summed E-state index contributed by atoms with van der Waals surface area (Å²) >= 11 is 0. The van der Waals surface area contributed by atoms with Crippen LogP contribution in [0.2, 0.25) is 0 Å². The summed E-state index contributed by atoms with van der Waals surface area (Å²) in [5, 5.41) is 9.50. The van der Waals surface area contributed by atoms with E-state index in [0.717, 1.165) is 35.1 Å². The molecule has 53 heavy (non-hydrogen) atoms. The fourth-order valence-electron chi connectivity index (χ4n) is 6.74. The number of benzene rings is 4. The van der Waals surface area contributed by atoms with Crippen LogP contribution in [-0.2, 0) is 4.74 Å². The molecule has 4 rings (SSSR count). The molecule has 0 fully saturated rings. The topological polar surface area (TPSA) is 72.8 Å². The highest BCUT2D eigenvalue weighted by Gasteiger charge is 2.11. The Bertz CT molecular complexity index is 1570. The van der Waals surface area contributed by atoms with Crippen LogP contribution in [0.25, 0.3) is 22.3 Å². The molecule has 4 aromatic rings. The van der Waals surface area contributed by atoms with Crippen LogP contribution in [0.5, 0.6) is 11.5 Å². The molecule has 0 bridgehead atoms. The summed E-state index contributed by atoms with van der Waals surface area (Å²) in [4.78, 5) is 25.3. The predicted octanol–water partition coefficient (Wildman–Crippen LogP) is 13.9. The Labute approximate surface area is 319 Å². The maximum atomic E-state index is 12.7. The predicted molar refractivity (Wildman–Crippen MR) is 219 cm³/mol. The fraction of sp³-hybridized carbons (Fsp3) is 0.458. The lowest BCUT2D eigenvalue weighted by Crippen LogP contribution is -2.08. The average molecular weight is 719 g/mol. The van der Waals surface area contributed by atoms with Crippen LogP contribution in [0.3, 0.4) is 0 Å². The minimum atomic E-state index is -0.437. The first kappa shape index (κ1) is 41.4. The summed E-state index contributed by atoms with van der Waals surface area (Å²) in [6.45, 7) is 2.75. The molecule has 0 amide bonds. The minimum absolute atomic E-state index is 0.211. The van der Waals surface area contributed by atoms with Crippen LogP contribution in [0, 0.1) is 0 Å². The number of rotatable bonds is 26. The van der Waals surface area contributed by atoms with Gasteiger partial charge in [0.15, 0.2) is 0 Å². The summed E-state index contributed by atoms with van der Waals surface area (Å²) in [6, 6.07) is 28.8. The number of carbonyl (C=O) groups excluding carboxylic acids is 2. The number of carbonyl (C=O) groups is 2. The summed E-state index contributed by atoms with van der Waals surface area (Å²) in [6.07, 6.45) is 26.9. The summed E-state index contributed by atoms with van der Waals surface area (Å²) in [5.74, 6) is -0.0594. The van der Waals surface area contributed by atoms with Crippen LogP contribution in [0.15, 0.2) is 97.1 Å². The first-order valence-corrected chi connectivity index (χ1v) is 20.5. The Kier molecular flexibility index (Phi) is 19.4. The van der Waals surface area contributed by atoms with E-state index in [2.05, 4.69) is 6.92 Å². The average Bonchev–Trinajstić information content (AvgIpc) is 3.19. The van der Waals surface area contributed by atoms with E-state index in [4.69, 9.17) is 9.47 Å². The molecule has 4 aromatic carbocycles. The largest absolute Gasteiger partial charge is 0.508 e. The van der Waals surface area contributed by atoms with Gasteiger partial charge >= 0.3 is 11.9 Å². The molecule has 0 saturated carbocycles. The van der Waals surface area contributed by atoms with Gasteiger partial charge in [-0.2, -0.15) is 0 Å². The lowest BCUT2D eigenvalue weighted by Gasteiger charge is -2.08. The molecule has 0 heterocycles. The fourth-order valence-corrected chi connectivity index (χ4v) is 6.74. The quantitative estimate of drug-likeness (QED) is 0.0397. The number of aromatic hydroxyl groups is 1. The lowest BCUT2D eigenvalue weighted by atomic mass is 10.0. The van der Waals surface area contributed by atoms with Crippen molar-refractivity contribution < 1.29 is 24.2 Å². The summed E-state index contributed by atoms with van der Waals surface area (Å²) < 4.78 is 11.1. The van der Waals surface area contributed by atoms with Crippen LogP contribution < -0.4 is 4.74 Å². The second-order valence-electron chi connectivity index (χ2n) is 14.5. The SMILES string of the molecule is CCCCCCCCCCCCCCCCCCCCCCOC(=O)c1ccc(-c2ccc(OC(=O)c3ccc(-c4ccc(O)cc4)cc3)cc2)cc1. The zero-order valence-corrected chi connectivity index (χ0v) is 32.2. The summed E-state index contributed by atoms with van der Waals surface area (Å²) in [5.41, 5.74) is 4.79. The molecule has 0 aliphatic rings. The zero-order chi connectivity index (χ0) is 37.4. The van der Waals surface area contributed by atoms with Gasteiger partial charge in [-0.1, -0.05) is 177 Å². The highest BCUT2D eigenvalue weighted by Crippen LogP contribution is 2.25. The van der Waals surface area contributed by atoms with E-state index in [0.29, 0.717) is 23.5 Å². The number of phenols is 1. The maximum Gasteiger partial charge on any atom is 0.343 e. The van der Waals surface area contributed by atoms with Gasteiger partial charge in [-0.15, -0.1) is 0 Å². The number of phenolic OH excluding ortho intramolecular Hbond substituents is 1. The molecule has 0 aromatic heterocycles. The maximum absolute atomic E-state index is 12.7. The van der Waals surface area contributed by atoms with E-state index in [1.807, 2.05) is 48.5 Å². The normalized spacial score (nSPS) is 11.0. The van der Waals surface area contributed by atoms with Crippen molar-refractivity contribution in [2.45, 2.75) is 135 Å². The lowest BCUT2D eigenvalue weighted by molar-refractivity contribution is 0.0497. The van der Waals surface area contributed by atoms with Gasteiger partial charge in [0, 0.05) is 0 Å². The van der Waals surface area contributed by atoms with E-state index >= 15 is 0 Å². The van der Waals surface area contributed by atoms with Crippen molar-refractivity contribution in [1.29, 1.82) is 0 Å². The third-order valence-electron chi connectivity index (χ3n) is 10.1. The molecule has 5 heteroatoms. The van der Waals surface area contributed by atoms with Gasteiger partial charge in [0.1, 0.15) is 11.5 Å². The summed E-state index contributed by atoms with van der Waals surface area (Å²) in [7, 11) is 0. The standard InChI is InChI=1S/C48H62O5/c1-2-3-4-5-6-7-8-9-10-11-12-13-14-15-16-17-18-19-20-21-38-52-47(50)43-26-22-40(23-27-43)42-32-36-46(37-33-42)53-48(51)44-28-24-39(25-29-44)41-30-34-45(49)35-31-41/h22-37,49H,2-21,38H2,1H3. The number of hydrogen-bond acceptors (Lipinski definition) is 5. The molecule has 0 spiro atoms. The smallest absolute Gasteiger partial charge is 0.343 e. The van der Waals surface area contributed by atoms with E-state index in [1.165, 1.54) is 116 Å². The molecule has 1 N–H and O–H groups in total. The van der Waals surface area contributed by atoms with E-state index < -0.39 is 5.97 Å². The van der Waals surface area contributed by atoms with Gasteiger partial charge in [0.2, 0.25) is 0 Å². The van der Waals surface area contributed by atoms with Crippen molar-refractivity contribution >= 4 is 11.9 Å². The van der Waals surface area contributed by atoms with Crippen molar-refractivity contribution in [3.05, 3.63) is 108 Å². The van der Waals surface area contributed by atoms with Gasteiger partial charge in [0.25, 0.3) is 0 Å². The highest BCUT2D eigenvalue weighted by molar-refractivity contribution is 5.92. The second-order valence-corrected chi connectivity index (χ2v) is 14.5. The van der Waals surface area contributed by atoms with Gasteiger partial charge in [-0.25, -0.2) is 9.59 Å². The Hall–Kier alpha value is -4.38. The zero-order valence-electron chi connectivity index (χ0n) is 32.2. The van der Waals surface area contributed by atoms with E-state index in [-0.39, 0.29) is 11.7 Å². The molecule has 0 aliphatic heterocycles. The first-order chi connectivity index (χ1) is 26.0.